The van der Waals surface area contributed by atoms with Gasteiger partial charge in [0, 0.05) is 11.1 Å². The number of halogens is 1. The number of nitrogens with one attached hydrogen (secondary N) is 1. The van der Waals surface area contributed by atoms with Crippen LogP contribution in [-0.2, 0) is 9.59 Å². The van der Waals surface area contributed by atoms with Crippen LogP contribution in [0.1, 0.15) is 39.2 Å². The zero-order valence-corrected chi connectivity index (χ0v) is 15.1. The smallest absolute Gasteiger partial charge is 0.232 e. The van der Waals surface area contributed by atoms with E-state index in [1.54, 1.807) is 0 Å². The van der Waals surface area contributed by atoms with Crippen molar-refractivity contribution < 1.29 is 9.59 Å². The minimum atomic E-state index is -0.678. The van der Waals surface area contributed by atoms with Crippen molar-refractivity contribution in [1.82, 2.24) is 0 Å². The highest BCUT2D eigenvalue weighted by atomic mass is 79.9. The summed E-state index contributed by atoms with van der Waals surface area (Å²) < 4.78 is 0. The normalized spacial score (nSPS) is 35.7. The number of carbonyl (C=O) groups excluding carboxylic acids is 2. The van der Waals surface area contributed by atoms with Gasteiger partial charge in [-0.25, -0.2) is 0 Å². The third-order valence-electron chi connectivity index (χ3n) is 6.40. The number of fused-ring (bicyclic) bond motifs is 2. The van der Waals surface area contributed by atoms with Crippen LogP contribution in [0.3, 0.4) is 0 Å². The molecule has 2 saturated carbocycles. The molecule has 1 N–H and O–H groups in total. The molecular formula is C18H22BrNO2. The van der Waals surface area contributed by atoms with E-state index in [2.05, 4.69) is 35.1 Å². The van der Waals surface area contributed by atoms with Gasteiger partial charge >= 0.3 is 0 Å². The zero-order chi connectivity index (χ0) is 16.3. The van der Waals surface area contributed by atoms with Gasteiger partial charge in [0.25, 0.3) is 0 Å². The molecule has 0 unspecified atom stereocenters. The minimum absolute atomic E-state index is 0.0421. The van der Waals surface area contributed by atoms with E-state index in [-0.39, 0.29) is 17.1 Å². The zero-order valence-electron chi connectivity index (χ0n) is 13.5. The lowest BCUT2D eigenvalue weighted by atomic mass is 9.64. The Morgan fingerprint density at radius 2 is 1.95 bits per heavy atom. The highest BCUT2D eigenvalue weighted by Gasteiger charge is 2.76. The van der Waals surface area contributed by atoms with E-state index < -0.39 is 15.7 Å². The van der Waals surface area contributed by atoms with Crippen molar-refractivity contribution in [2.75, 3.05) is 5.32 Å². The first-order valence-electron chi connectivity index (χ1n) is 7.73. The number of Topliss-reactive ketones (excluding diaryl/α,β-unsaturated/α-hetero) is 1. The van der Waals surface area contributed by atoms with Crippen LogP contribution in [0.2, 0.25) is 0 Å². The number of aryl methyl sites for hydroxylation is 1. The van der Waals surface area contributed by atoms with Gasteiger partial charge in [0.1, 0.15) is 0 Å². The summed E-state index contributed by atoms with van der Waals surface area (Å²) in [4.78, 5) is 25.4. The van der Waals surface area contributed by atoms with Crippen LogP contribution in [0.5, 0.6) is 0 Å². The molecule has 3 atom stereocenters. The van der Waals surface area contributed by atoms with E-state index in [9.17, 15) is 9.59 Å². The van der Waals surface area contributed by atoms with Crippen molar-refractivity contribution in [3.8, 4) is 0 Å². The molecule has 2 aliphatic rings. The molecule has 0 heterocycles. The molecule has 2 bridgehead atoms. The topological polar surface area (TPSA) is 46.2 Å². The molecule has 2 fully saturated rings. The van der Waals surface area contributed by atoms with Gasteiger partial charge < -0.3 is 5.32 Å². The summed E-state index contributed by atoms with van der Waals surface area (Å²) in [7, 11) is 0. The summed E-state index contributed by atoms with van der Waals surface area (Å²) in [6.07, 6.45) is 1.53. The van der Waals surface area contributed by atoms with Crippen LogP contribution in [0.25, 0.3) is 0 Å². The second kappa shape index (κ2) is 4.67. The van der Waals surface area contributed by atoms with Crippen LogP contribution >= 0.6 is 15.9 Å². The van der Waals surface area contributed by atoms with E-state index in [0.717, 1.165) is 24.1 Å². The van der Waals surface area contributed by atoms with Crippen LogP contribution in [0.4, 0.5) is 5.69 Å². The standard InChI is InChI=1S/C18H22BrNO2/c1-11-6-5-7-12(10-11)20-15(22)18-9-8-17(4,16(18,2)3)14(21)13(18)19/h5-7,10,13H,8-9H2,1-4H3,(H,20,22)/t13-,17-,18+/m0/s1. The number of ketones is 1. The Morgan fingerprint density at radius 1 is 1.27 bits per heavy atom. The summed E-state index contributed by atoms with van der Waals surface area (Å²) in [5, 5.41) is 3.05. The molecular weight excluding hydrogens is 342 g/mol. The van der Waals surface area contributed by atoms with Crippen molar-refractivity contribution in [2.24, 2.45) is 16.2 Å². The molecule has 0 saturated heterocycles. The fourth-order valence-corrected chi connectivity index (χ4v) is 5.93. The number of rotatable bonds is 2. The molecule has 3 rings (SSSR count). The van der Waals surface area contributed by atoms with Gasteiger partial charge in [0.15, 0.2) is 5.78 Å². The van der Waals surface area contributed by atoms with Gasteiger partial charge in [0.05, 0.1) is 10.2 Å². The van der Waals surface area contributed by atoms with E-state index in [1.165, 1.54) is 0 Å². The molecule has 0 aliphatic heterocycles. The van der Waals surface area contributed by atoms with Crippen LogP contribution in [-0.4, -0.2) is 16.5 Å². The number of benzene rings is 1. The first-order chi connectivity index (χ1) is 10.2. The van der Waals surface area contributed by atoms with Crippen LogP contribution in [0, 0.1) is 23.2 Å². The summed E-state index contributed by atoms with van der Waals surface area (Å²) in [6.45, 7) is 8.14. The Kier molecular flexibility index (Phi) is 3.34. The molecule has 118 valence electrons. The summed E-state index contributed by atoms with van der Waals surface area (Å²) in [5.74, 6) is 0.127. The first kappa shape index (κ1) is 15.7. The average Bonchev–Trinajstić information content (AvgIpc) is 2.71. The van der Waals surface area contributed by atoms with Gasteiger partial charge in [-0.3, -0.25) is 9.59 Å². The number of hydrogen-bond donors (Lipinski definition) is 1. The quantitative estimate of drug-likeness (QED) is 0.804. The first-order valence-corrected chi connectivity index (χ1v) is 8.65. The number of carbonyl (C=O) groups is 2. The third kappa shape index (κ3) is 1.67. The number of hydrogen-bond acceptors (Lipinski definition) is 2. The Hall–Kier alpha value is -1.16. The van der Waals surface area contributed by atoms with E-state index in [4.69, 9.17) is 0 Å². The SMILES string of the molecule is Cc1cccc(NC(=O)[C@@]23CC[C@@](C)(C(=O)[C@@H]2Br)C3(C)C)c1. The number of amides is 1. The number of alkyl halides is 1. The summed E-state index contributed by atoms with van der Waals surface area (Å²) in [5.41, 5.74) is 0.430. The highest BCUT2D eigenvalue weighted by Crippen LogP contribution is 2.72. The lowest BCUT2D eigenvalue weighted by Crippen LogP contribution is -2.47. The fourth-order valence-electron chi connectivity index (χ4n) is 4.42. The highest BCUT2D eigenvalue weighted by molar-refractivity contribution is 9.10. The maximum Gasteiger partial charge on any atom is 0.232 e. The largest absolute Gasteiger partial charge is 0.326 e. The maximum atomic E-state index is 13.1. The Balaban J connectivity index is 1.99. The Labute approximate surface area is 140 Å². The minimum Gasteiger partial charge on any atom is -0.326 e. The Bertz CT molecular complexity index is 669. The lowest BCUT2D eigenvalue weighted by molar-refractivity contribution is -0.130. The molecule has 1 aromatic rings. The molecule has 4 heteroatoms. The van der Waals surface area contributed by atoms with E-state index >= 15 is 0 Å². The van der Waals surface area contributed by atoms with Gasteiger partial charge in [-0.1, -0.05) is 48.8 Å². The molecule has 1 aromatic carbocycles. The second-order valence-corrected chi connectivity index (χ2v) is 8.39. The predicted octanol–water partition coefficient (Wildman–Crippen LogP) is 4.09. The average molecular weight is 364 g/mol. The van der Waals surface area contributed by atoms with Gasteiger partial charge in [-0.05, 0) is 42.9 Å². The molecule has 2 aliphatic carbocycles. The van der Waals surface area contributed by atoms with Crippen LogP contribution in [0.15, 0.2) is 24.3 Å². The van der Waals surface area contributed by atoms with E-state index in [0.29, 0.717) is 0 Å². The van der Waals surface area contributed by atoms with Gasteiger partial charge in [-0.2, -0.15) is 0 Å². The monoisotopic (exact) mass is 363 g/mol. The number of anilines is 1. The molecule has 3 nitrogen and oxygen atoms in total. The Morgan fingerprint density at radius 3 is 2.50 bits per heavy atom. The molecule has 0 spiro atoms. The molecule has 0 radical (unpaired) electrons. The van der Waals surface area contributed by atoms with Gasteiger partial charge in [-0.15, -0.1) is 0 Å². The van der Waals surface area contributed by atoms with Crippen molar-refractivity contribution in [2.45, 2.75) is 45.4 Å². The van der Waals surface area contributed by atoms with Crippen molar-refractivity contribution in [3.05, 3.63) is 29.8 Å². The van der Waals surface area contributed by atoms with Crippen molar-refractivity contribution in [3.63, 3.8) is 0 Å². The van der Waals surface area contributed by atoms with Gasteiger partial charge in [0.2, 0.25) is 5.91 Å². The van der Waals surface area contributed by atoms with Crippen molar-refractivity contribution >= 4 is 33.3 Å². The lowest BCUT2D eigenvalue weighted by Gasteiger charge is -2.39. The second-order valence-electron chi connectivity index (χ2n) is 7.48. The predicted molar refractivity (Wildman–Crippen MR) is 91.1 cm³/mol. The van der Waals surface area contributed by atoms with Crippen molar-refractivity contribution in [1.29, 1.82) is 0 Å². The molecule has 1 amide bonds. The van der Waals surface area contributed by atoms with E-state index in [1.807, 2.05) is 38.1 Å². The summed E-state index contributed by atoms with van der Waals surface area (Å²) >= 11 is 3.55. The molecule has 22 heavy (non-hydrogen) atoms. The summed E-state index contributed by atoms with van der Waals surface area (Å²) in [6, 6.07) is 7.77. The van der Waals surface area contributed by atoms with Crippen LogP contribution < -0.4 is 5.32 Å². The maximum absolute atomic E-state index is 13.1. The third-order valence-corrected chi connectivity index (χ3v) is 7.60. The fraction of sp³-hybridized carbons (Fsp3) is 0.556. The molecule has 0 aromatic heterocycles.